The Bertz CT molecular complexity index is 665. The van der Waals surface area contributed by atoms with E-state index in [-0.39, 0.29) is 5.91 Å². The van der Waals surface area contributed by atoms with Gasteiger partial charge in [-0.05, 0) is 35.7 Å². The summed E-state index contributed by atoms with van der Waals surface area (Å²) in [6, 6.07) is 11.6. The Morgan fingerprint density at radius 3 is 2.60 bits per heavy atom. The van der Waals surface area contributed by atoms with Gasteiger partial charge in [0.2, 0.25) is 5.91 Å². The molecular formula is C16H14ClNO2. The normalized spacial score (nSPS) is 13.6. The molecular weight excluding hydrogens is 274 g/mol. The van der Waals surface area contributed by atoms with Crippen LogP contribution in [-0.2, 0) is 11.2 Å². The van der Waals surface area contributed by atoms with Crippen LogP contribution in [0.25, 0.3) is 11.1 Å². The largest absolute Gasteiger partial charge is 0.496 e. The van der Waals surface area contributed by atoms with Crippen LogP contribution in [0.5, 0.6) is 5.75 Å². The standard InChI is InChI=1S/C16H14ClNO2/c1-20-15-9-14-11(4-7-16(19)18-14)8-13(15)10-2-5-12(17)6-3-10/h2-3,5-6,8-9H,4,7H2,1H3,(H,18,19). The summed E-state index contributed by atoms with van der Waals surface area (Å²) in [5.74, 6) is 0.798. The van der Waals surface area contributed by atoms with Crippen LogP contribution in [0, 0.1) is 0 Å². The molecule has 1 aliphatic rings. The zero-order chi connectivity index (χ0) is 14.1. The lowest BCUT2D eigenvalue weighted by molar-refractivity contribution is -0.116. The molecule has 0 unspecified atom stereocenters. The number of carbonyl (C=O) groups excluding carboxylic acids is 1. The number of methoxy groups -OCH3 is 1. The van der Waals surface area contributed by atoms with Crippen molar-refractivity contribution in [2.24, 2.45) is 0 Å². The molecule has 3 rings (SSSR count). The van der Waals surface area contributed by atoms with E-state index < -0.39 is 0 Å². The Morgan fingerprint density at radius 2 is 1.90 bits per heavy atom. The first kappa shape index (κ1) is 13.0. The summed E-state index contributed by atoms with van der Waals surface area (Å²) >= 11 is 5.93. The van der Waals surface area contributed by atoms with E-state index in [1.54, 1.807) is 7.11 Å². The van der Waals surface area contributed by atoms with Gasteiger partial charge in [-0.2, -0.15) is 0 Å². The number of amides is 1. The third-order valence-corrected chi connectivity index (χ3v) is 3.73. The molecule has 2 aromatic carbocycles. The number of halogens is 1. The first-order valence-corrected chi connectivity index (χ1v) is 6.82. The number of nitrogens with one attached hydrogen (secondary N) is 1. The van der Waals surface area contributed by atoms with E-state index in [4.69, 9.17) is 16.3 Å². The summed E-state index contributed by atoms with van der Waals surface area (Å²) in [4.78, 5) is 11.5. The molecule has 0 aliphatic carbocycles. The minimum atomic E-state index is 0.0544. The summed E-state index contributed by atoms with van der Waals surface area (Å²) in [5, 5.41) is 3.59. The zero-order valence-corrected chi connectivity index (χ0v) is 11.8. The van der Waals surface area contributed by atoms with Crippen LogP contribution in [0.2, 0.25) is 5.02 Å². The molecule has 20 heavy (non-hydrogen) atoms. The summed E-state index contributed by atoms with van der Waals surface area (Å²) in [6.07, 6.45) is 1.28. The zero-order valence-electron chi connectivity index (χ0n) is 11.1. The number of hydrogen-bond donors (Lipinski definition) is 1. The Morgan fingerprint density at radius 1 is 1.15 bits per heavy atom. The van der Waals surface area contributed by atoms with E-state index in [0.717, 1.165) is 34.5 Å². The maximum absolute atomic E-state index is 11.5. The number of benzene rings is 2. The second kappa shape index (κ2) is 5.17. The van der Waals surface area contributed by atoms with Crippen molar-refractivity contribution < 1.29 is 9.53 Å². The smallest absolute Gasteiger partial charge is 0.224 e. The Hall–Kier alpha value is -2.00. The molecule has 2 aromatic rings. The van der Waals surface area contributed by atoms with Gasteiger partial charge in [-0.1, -0.05) is 23.7 Å². The van der Waals surface area contributed by atoms with Gasteiger partial charge in [0.1, 0.15) is 5.75 Å². The van der Waals surface area contributed by atoms with E-state index in [2.05, 4.69) is 11.4 Å². The maximum Gasteiger partial charge on any atom is 0.224 e. The molecule has 1 amide bonds. The van der Waals surface area contributed by atoms with E-state index >= 15 is 0 Å². The van der Waals surface area contributed by atoms with Crippen LogP contribution >= 0.6 is 11.6 Å². The summed E-state index contributed by atoms with van der Waals surface area (Å²) < 4.78 is 5.45. The molecule has 0 spiro atoms. The number of fused-ring (bicyclic) bond motifs is 1. The van der Waals surface area contributed by atoms with E-state index in [9.17, 15) is 4.79 Å². The van der Waals surface area contributed by atoms with Crippen molar-refractivity contribution in [1.29, 1.82) is 0 Å². The number of aryl methyl sites for hydroxylation is 1. The van der Waals surface area contributed by atoms with Gasteiger partial charge < -0.3 is 10.1 Å². The molecule has 1 N–H and O–H groups in total. The summed E-state index contributed by atoms with van der Waals surface area (Å²) in [5.41, 5.74) is 4.04. The van der Waals surface area contributed by atoms with Crippen molar-refractivity contribution in [3.05, 3.63) is 47.0 Å². The number of rotatable bonds is 2. The van der Waals surface area contributed by atoms with E-state index in [1.165, 1.54) is 0 Å². The Labute approximate surface area is 122 Å². The molecule has 0 aromatic heterocycles. The molecule has 1 aliphatic heterocycles. The van der Waals surface area contributed by atoms with Crippen molar-refractivity contribution in [3.63, 3.8) is 0 Å². The molecule has 0 fully saturated rings. The number of hydrogen-bond acceptors (Lipinski definition) is 2. The van der Waals surface area contributed by atoms with E-state index in [0.29, 0.717) is 11.4 Å². The van der Waals surface area contributed by atoms with Crippen LogP contribution in [0.3, 0.4) is 0 Å². The van der Waals surface area contributed by atoms with Gasteiger partial charge in [0, 0.05) is 28.8 Å². The molecule has 4 heteroatoms. The molecule has 0 radical (unpaired) electrons. The van der Waals surface area contributed by atoms with Gasteiger partial charge >= 0.3 is 0 Å². The molecule has 0 bridgehead atoms. The highest BCUT2D eigenvalue weighted by molar-refractivity contribution is 6.30. The van der Waals surface area contributed by atoms with Crippen LogP contribution in [0.4, 0.5) is 5.69 Å². The third kappa shape index (κ3) is 2.37. The van der Waals surface area contributed by atoms with Crippen molar-refractivity contribution in [2.45, 2.75) is 12.8 Å². The lowest BCUT2D eigenvalue weighted by Crippen LogP contribution is -2.19. The fraction of sp³-hybridized carbons (Fsp3) is 0.188. The summed E-state index contributed by atoms with van der Waals surface area (Å²) in [6.45, 7) is 0. The molecule has 1 heterocycles. The van der Waals surface area contributed by atoms with Crippen molar-refractivity contribution in [2.75, 3.05) is 12.4 Å². The van der Waals surface area contributed by atoms with Gasteiger partial charge in [0.25, 0.3) is 0 Å². The van der Waals surface area contributed by atoms with Gasteiger partial charge in [0.15, 0.2) is 0 Å². The number of anilines is 1. The third-order valence-electron chi connectivity index (χ3n) is 3.48. The molecule has 3 nitrogen and oxygen atoms in total. The van der Waals surface area contributed by atoms with Gasteiger partial charge in [-0.25, -0.2) is 0 Å². The molecule has 0 saturated heterocycles. The van der Waals surface area contributed by atoms with Gasteiger partial charge in [0.05, 0.1) is 7.11 Å². The summed E-state index contributed by atoms with van der Waals surface area (Å²) in [7, 11) is 1.63. The predicted molar refractivity (Wildman–Crippen MR) is 80.4 cm³/mol. The highest BCUT2D eigenvalue weighted by atomic mass is 35.5. The SMILES string of the molecule is COc1cc2c(cc1-c1ccc(Cl)cc1)CCC(=O)N2. The van der Waals surface area contributed by atoms with Gasteiger partial charge in [-0.3, -0.25) is 4.79 Å². The minimum Gasteiger partial charge on any atom is -0.496 e. The fourth-order valence-electron chi connectivity index (χ4n) is 2.43. The number of ether oxygens (including phenoxy) is 1. The van der Waals surface area contributed by atoms with Crippen LogP contribution in [0.1, 0.15) is 12.0 Å². The second-order valence-corrected chi connectivity index (χ2v) is 5.20. The van der Waals surface area contributed by atoms with Crippen LogP contribution < -0.4 is 10.1 Å². The van der Waals surface area contributed by atoms with Crippen LogP contribution in [0.15, 0.2) is 36.4 Å². The maximum atomic E-state index is 11.5. The average molecular weight is 288 g/mol. The monoisotopic (exact) mass is 287 g/mol. The van der Waals surface area contributed by atoms with E-state index in [1.807, 2.05) is 30.3 Å². The highest BCUT2D eigenvalue weighted by Crippen LogP contribution is 2.37. The quantitative estimate of drug-likeness (QED) is 0.910. The average Bonchev–Trinajstić information content (AvgIpc) is 2.46. The molecule has 0 saturated carbocycles. The van der Waals surface area contributed by atoms with Crippen molar-refractivity contribution in [1.82, 2.24) is 0 Å². The molecule has 0 atom stereocenters. The van der Waals surface area contributed by atoms with Crippen LogP contribution in [-0.4, -0.2) is 13.0 Å². The first-order chi connectivity index (χ1) is 9.67. The van der Waals surface area contributed by atoms with Crippen molar-refractivity contribution >= 4 is 23.2 Å². The Kier molecular flexibility index (Phi) is 3.36. The highest BCUT2D eigenvalue weighted by Gasteiger charge is 2.18. The Balaban J connectivity index is 2.11. The molecule has 102 valence electrons. The predicted octanol–water partition coefficient (Wildman–Crippen LogP) is 3.90. The second-order valence-electron chi connectivity index (χ2n) is 4.76. The topological polar surface area (TPSA) is 38.3 Å². The fourth-order valence-corrected chi connectivity index (χ4v) is 2.56. The lowest BCUT2D eigenvalue weighted by atomic mass is 9.96. The lowest BCUT2D eigenvalue weighted by Gasteiger charge is -2.20. The minimum absolute atomic E-state index is 0.0544. The number of carbonyl (C=O) groups is 1. The van der Waals surface area contributed by atoms with Crippen molar-refractivity contribution in [3.8, 4) is 16.9 Å². The van der Waals surface area contributed by atoms with Gasteiger partial charge in [-0.15, -0.1) is 0 Å². The first-order valence-electron chi connectivity index (χ1n) is 6.44.